The smallest absolute Gasteiger partial charge is 0.336 e. The van der Waals surface area contributed by atoms with Crippen molar-refractivity contribution in [3.05, 3.63) is 81.2 Å². The van der Waals surface area contributed by atoms with Gasteiger partial charge in [0.05, 0.1) is 16.1 Å². The van der Waals surface area contributed by atoms with Gasteiger partial charge in [-0.25, -0.2) is 9.78 Å². The number of fused-ring (bicyclic) bond motifs is 2. The minimum atomic E-state index is -0.359. The Balaban J connectivity index is 1.51. The minimum Gasteiger partial charge on any atom is -0.423 e. The van der Waals surface area contributed by atoms with Gasteiger partial charge in [0.15, 0.2) is 0 Å². The maximum absolute atomic E-state index is 12.8. The standard InChI is InChI=1S/C25H22N2O3S/c1-14-9-19-16(11-24(28)30-22(19)10-15(14)2)13-31-23-12-20(25(29)26-17-7-8-17)18-5-3-4-6-21(18)27-23/h3-6,9-12,17H,7-8,13H2,1-2H3,(H,26,29). The number of nitrogens with one attached hydrogen (secondary N) is 1. The molecule has 4 aromatic rings. The molecule has 0 unspecified atom stereocenters. The van der Waals surface area contributed by atoms with Crippen LogP contribution in [0.3, 0.4) is 0 Å². The highest BCUT2D eigenvalue weighted by atomic mass is 32.2. The fourth-order valence-electron chi connectivity index (χ4n) is 3.66. The summed E-state index contributed by atoms with van der Waals surface area (Å²) in [5.74, 6) is 0.499. The number of pyridine rings is 1. The van der Waals surface area contributed by atoms with E-state index in [-0.39, 0.29) is 17.6 Å². The number of carbonyl (C=O) groups excluding carboxylic acids is 1. The van der Waals surface area contributed by atoms with Crippen molar-refractivity contribution in [1.29, 1.82) is 0 Å². The van der Waals surface area contributed by atoms with Crippen molar-refractivity contribution in [2.24, 2.45) is 0 Å². The molecule has 0 radical (unpaired) electrons. The van der Waals surface area contributed by atoms with Crippen LogP contribution in [0.15, 0.2) is 62.8 Å². The first kappa shape index (κ1) is 19.8. The average Bonchev–Trinajstić information content (AvgIpc) is 3.56. The molecule has 1 saturated carbocycles. The first-order valence-corrected chi connectivity index (χ1v) is 11.3. The quantitative estimate of drug-likeness (QED) is 0.350. The van der Waals surface area contributed by atoms with Crippen LogP contribution >= 0.6 is 11.8 Å². The number of aryl methyl sites for hydroxylation is 2. The summed E-state index contributed by atoms with van der Waals surface area (Å²) in [6, 6.07) is 15.4. The summed E-state index contributed by atoms with van der Waals surface area (Å²) < 4.78 is 5.41. The fraction of sp³-hybridized carbons (Fsp3) is 0.240. The molecule has 31 heavy (non-hydrogen) atoms. The van der Waals surface area contributed by atoms with E-state index in [4.69, 9.17) is 9.40 Å². The second-order valence-corrected chi connectivity index (χ2v) is 9.08. The second kappa shape index (κ2) is 7.85. The largest absolute Gasteiger partial charge is 0.423 e. The lowest BCUT2D eigenvalue weighted by Crippen LogP contribution is -2.25. The Labute approximate surface area is 183 Å². The zero-order valence-corrected chi connectivity index (χ0v) is 18.2. The minimum absolute atomic E-state index is 0.0557. The van der Waals surface area contributed by atoms with Crippen molar-refractivity contribution in [3.8, 4) is 0 Å². The van der Waals surface area contributed by atoms with E-state index in [1.807, 2.05) is 50.2 Å². The molecule has 1 aliphatic rings. The summed E-state index contributed by atoms with van der Waals surface area (Å²) in [7, 11) is 0. The van der Waals surface area contributed by atoms with Gasteiger partial charge in [0, 0.05) is 28.6 Å². The molecule has 6 heteroatoms. The SMILES string of the molecule is Cc1cc2oc(=O)cc(CSc3cc(C(=O)NC4CC4)c4ccccc4n3)c2cc1C. The van der Waals surface area contributed by atoms with Gasteiger partial charge in [-0.1, -0.05) is 18.2 Å². The monoisotopic (exact) mass is 430 g/mol. The fourth-order valence-corrected chi connectivity index (χ4v) is 4.56. The lowest BCUT2D eigenvalue weighted by Gasteiger charge is -2.11. The Morgan fingerprint density at radius 1 is 1.10 bits per heavy atom. The molecular weight excluding hydrogens is 408 g/mol. The van der Waals surface area contributed by atoms with Crippen molar-refractivity contribution in [2.75, 3.05) is 0 Å². The third-order valence-corrected chi connectivity index (χ3v) is 6.63. The molecule has 1 fully saturated rings. The Kier molecular flexibility index (Phi) is 5.02. The van der Waals surface area contributed by atoms with Gasteiger partial charge >= 0.3 is 5.63 Å². The molecule has 0 bridgehead atoms. The van der Waals surface area contributed by atoms with Crippen molar-refractivity contribution < 1.29 is 9.21 Å². The number of thioether (sulfide) groups is 1. The van der Waals surface area contributed by atoms with Gasteiger partial charge in [-0.15, -0.1) is 11.8 Å². The van der Waals surface area contributed by atoms with E-state index in [0.717, 1.165) is 50.8 Å². The van der Waals surface area contributed by atoms with Crippen LogP contribution in [0, 0.1) is 13.8 Å². The van der Waals surface area contributed by atoms with Crippen LogP contribution in [0.1, 0.15) is 39.9 Å². The van der Waals surface area contributed by atoms with Gasteiger partial charge in [0.2, 0.25) is 0 Å². The maximum atomic E-state index is 12.8. The van der Waals surface area contributed by atoms with Crippen molar-refractivity contribution in [2.45, 2.75) is 43.5 Å². The van der Waals surface area contributed by atoms with Gasteiger partial charge in [0.1, 0.15) is 5.58 Å². The summed E-state index contributed by atoms with van der Waals surface area (Å²) in [6.07, 6.45) is 2.08. The highest BCUT2D eigenvalue weighted by Crippen LogP contribution is 2.30. The molecule has 2 aromatic heterocycles. The normalized spacial score (nSPS) is 13.6. The number of carbonyl (C=O) groups is 1. The van der Waals surface area contributed by atoms with Crippen LogP contribution in [-0.4, -0.2) is 16.9 Å². The molecule has 5 nitrogen and oxygen atoms in total. The number of amides is 1. The zero-order chi connectivity index (χ0) is 21.5. The number of hydrogen-bond acceptors (Lipinski definition) is 5. The van der Waals surface area contributed by atoms with Crippen molar-refractivity contribution >= 4 is 39.5 Å². The molecule has 0 saturated heterocycles. The molecule has 1 amide bonds. The molecule has 0 atom stereocenters. The number of para-hydroxylation sites is 1. The molecular formula is C25H22N2O3S. The van der Waals surface area contributed by atoms with Crippen molar-refractivity contribution in [3.63, 3.8) is 0 Å². The van der Waals surface area contributed by atoms with E-state index in [9.17, 15) is 9.59 Å². The molecule has 0 aliphatic heterocycles. The molecule has 1 aliphatic carbocycles. The Morgan fingerprint density at radius 3 is 2.68 bits per heavy atom. The lowest BCUT2D eigenvalue weighted by molar-refractivity contribution is 0.0952. The zero-order valence-electron chi connectivity index (χ0n) is 17.4. The highest BCUT2D eigenvalue weighted by Gasteiger charge is 2.25. The average molecular weight is 431 g/mol. The van der Waals surface area contributed by atoms with Gasteiger partial charge < -0.3 is 9.73 Å². The van der Waals surface area contributed by atoms with E-state index < -0.39 is 0 Å². The van der Waals surface area contributed by atoms with Crippen LogP contribution in [0.5, 0.6) is 0 Å². The molecule has 2 aromatic carbocycles. The van der Waals surface area contributed by atoms with Gasteiger partial charge in [0.25, 0.3) is 5.91 Å². The summed E-state index contributed by atoms with van der Waals surface area (Å²) in [5.41, 5.74) is 4.81. The summed E-state index contributed by atoms with van der Waals surface area (Å²) in [5, 5.41) is 5.61. The molecule has 2 heterocycles. The molecule has 0 spiro atoms. The van der Waals surface area contributed by atoms with Crippen molar-refractivity contribution in [1.82, 2.24) is 10.3 Å². The van der Waals surface area contributed by atoms with Crippen LogP contribution in [0.25, 0.3) is 21.9 Å². The third-order valence-electron chi connectivity index (χ3n) is 5.67. The number of hydrogen-bond donors (Lipinski definition) is 1. The Morgan fingerprint density at radius 2 is 1.87 bits per heavy atom. The first-order chi connectivity index (χ1) is 15.0. The number of benzene rings is 2. The third kappa shape index (κ3) is 4.08. The van der Waals surface area contributed by atoms with E-state index in [1.54, 1.807) is 6.07 Å². The lowest BCUT2D eigenvalue weighted by atomic mass is 10.0. The predicted octanol–water partition coefficient (Wildman–Crippen LogP) is 5.14. The van der Waals surface area contributed by atoms with Crippen LogP contribution < -0.4 is 10.9 Å². The molecule has 5 rings (SSSR count). The first-order valence-electron chi connectivity index (χ1n) is 10.4. The second-order valence-electron chi connectivity index (χ2n) is 8.08. The van der Waals surface area contributed by atoms with Gasteiger partial charge in [-0.05, 0) is 67.6 Å². The molecule has 1 N–H and O–H groups in total. The Bertz CT molecular complexity index is 1390. The number of rotatable bonds is 5. The number of nitrogens with zero attached hydrogens (tertiary/aromatic N) is 1. The van der Waals surface area contributed by atoms with Crippen LogP contribution in [-0.2, 0) is 5.75 Å². The van der Waals surface area contributed by atoms with Gasteiger partial charge in [-0.2, -0.15) is 0 Å². The van der Waals surface area contributed by atoms with E-state index >= 15 is 0 Å². The molecule has 156 valence electrons. The summed E-state index contributed by atoms with van der Waals surface area (Å²) in [6.45, 7) is 4.05. The predicted molar refractivity (Wildman–Crippen MR) is 124 cm³/mol. The number of aromatic nitrogens is 1. The van der Waals surface area contributed by atoms with Crippen LogP contribution in [0.4, 0.5) is 0 Å². The van der Waals surface area contributed by atoms with E-state index in [0.29, 0.717) is 16.9 Å². The topological polar surface area (TPSA) is 72.2 Å². The highest BCUT2D eigenvalue weighted by molar-refractivity contribution is 7.98. The Hall–Kier alpha value is -3.12. The summed E-state index contributed by atoms with van der Waals surface area (Å²) in [4.78, 5) is 29.7. The van der Waals surface area contributed by atoms with E-state index in [1.165, 1.54) is 11.8 Å². The summed E-state index contributed by atoms with van der Waals surface area (Å²) >= 11 is 1.52. The van der Waals surface area contributed by atoms with Gasteiger partial charge in [-0.3, -0.25) is 4.79 Å². The van der Waals surface area contributed by atoms with Crippen LogP contribution in [0.2, 0.25) is 0 Å². The maximum Gasteiger partial charge on any atom is 0.336 e. The van der Waals surface area contributed by atoms with E-state index in [2.05, 4.69) is 11.4 Å².